The first-order chi connectivity index (χ1) is 14.0. The fourth-order valence-electron chi connectivity index (χ4n) is 4.09. The molecular formula is C22H33N5OSSi. The van der Waals surface area contributed by atoms with Crippen LogP contribution in [0.4, 0.5) is 10.6 Å². The van der Waals surface area contributed by atoms with Crippen molar-refractivity contribution in [1.82, 2.24) is 19.9 Å². The number of hydrogen-bond acceptors (Lipinski definition) is 5. The van der Waals surface area contributed by atoms with E-state index in [1.54, 1.807) is 20.3 Å². The summed E-state index contributed by atoms with van der Waals surface area (Å²) in [6.07, 6.45) is 3.71. The Kier molecular flexibility index (Phi) is 7.89. The molecule has 2 aromatic rings. The molecule has 0 aromatic carbocycles. The van der Waals surface area contributed by atoms with Crippen molar-refractivity contribution in [1.29, 1.82) is 0 Å². The van der Waals surface area contributed by atoms with Gasteiger partial charge in [-0.1, -0.05) is 59.2 Å². The second kappa shape index (κ2) is 9.80. The first kappa shape index (κ1) is 24.2. The molecule has 0 bridgehead atoms. The maximum absolute atomic E-state index is 12.2. The van der Waals surface area contributed by atoms with Crippen LogP contribution in [0.5, 0.6) is 0 Å². The van der Waals surface area contributed by atoms with Crippen LogP contribution in [-0.2, 0) is 0 Å². The van der Waals surface area contributed by atoms with Crippen molar-refractivity contribution >= 4 is 42.7 Å². The highest BCUT2D eigenvalue weighted by atomic mass is 32.2. The maximum atomic E-state index is 12.2. The zero-order chi connectivity index (χ0) is 22.6. The summed E-state index contributed by atoms with van der Waals surface area (Å²) in [4.78, 5) is 27.1. The number of aromatic nitrogens is 3. The molecule has 0 fully saturated rings. The molecule has 0 saturated heterocycles. The molecule has 0 aliphatic carbocycles. The molecular weight excluding hydrogens is 410 g/mol. The lowest BCUT2D eigenvalue weighted by Crippen LogP contribution is -2.43. The standard InChI is InChI=1S/C22H33N5OSSi/c1-14(2)30(15(3)4,16(5)6)11-10-17-12-19(25-22(28)27(7)8)24-20-18(17)13-23-21(26-20)29-9/h12-16H,1-9H3,(H,23,24,25,26,28). The minimum Gasteiger partial charge on any atom is -0.331 e. The molecule has 2 rings (SSSR count). The Morgan fingerprint density at radius 2 is 1.70 bits per heavy atom. The monoisotopic (exact) mass is 443 g/mol. The fraction of sp³-hybridized carbons (Fsp3) is 0.545. The van der Waals surface area contributed by atoms with Gasteiger partial charge in [0.05, 0.1) is 5.39 Å². The molecule has 2 amide bonds. The van der Waals surface area contributed by atoms with Gasteiger partial charge in [-0.3, -0.25) is 5.32 Å². The third-order valence-corrected chi connectivity index (χ3v) is 12.5. The van der Waals surface area contributed by atoms with Gasteiger partial charge in [-0.05, 0) is 28.9 Å². The van der Waals surface area contributed by atoms with Crippen LogP contribution in [-0.4, -0.2) is 54.3 Å². The van der Waals surface area contributed by atoms with Gasteiger partial charge in [0.25, 0.3) is 0 Å². The van der Waals surface area contributed by atoms with Crippen molar-refractivity contribution in [2.24, 2.45) is 0 Å². The van der Waals surface area contributed by atoms with Crippen molar-refractivity contribution in [3.8, 4) is 11.5 Å². The van der Waals surface area contributed by atoms with E-state index in [0.717, 1.165) is 10.9 Å². The van der Waals surface area contributed by atoms with Crippen molar-refractivity contribution in [2.75, 3.05) is 25.7 Å². The van der Waals surface area contributed by atoms with E-state index < -0.39 is 8.07 Å². The first-order valence-electron chi connectivity index (χ1n) is 10.3. The molecule has 0 aliphatic rings. The number of thioether (sulfide) groups is 1. The number of pyridine rings is 1. The molecule has 0 unspecified atom stereocenters. The first-order valence-corrected chi connectivity index (χ1v) is 13.7. The Morgan fingerprint density at radius 3 is 2.20 bits per heavy atom. The quantitative estimate of drug-likeness (QED) is 0.289. The lowest BCUT2D eigenvalue weighted by atomic mass is 10.2. The van der Waals surface area contributed by atoms with Gasteiger partial charge in [-0.15, -0.1) is 5.54 Å². The summed E-state index contributed by atoms with van der Waals surface area (Å²) in [7, 11) is 1.48. The number of nitrogens with one attached hydrogen (secondary N) is 1. The molecule has 1 N–H and O–H groups in total. The van der Waals surface area contributed by atoms with Crippen LogP contribution in [0.3, 0.4) is 0 Å². The Labute approximate surface area is 185 Å². The number of carbonyl (C=O) groups excluding carboxylic acids is 1. The predicted octanol–water partition coefficient (Wildman–Crippen LogP) is 5.41. The van der Waals surface area contributed by atoms with Gasteiger partial charge < -0.3 is 4.90 Å². The number of anilines is 1. The Balaban J connectivity index is 2.70. The van der Waals surface area contributed by atoms with Gasteiger partial charge in [-0.2, -0.15) is 0 Å². The number of carbonyl (C=O) groups is 1. The highest BCUT2D eigenvalue weighted by molar-refractivity contribution is 7.98. The van der Waals surface area contributed by atoms with E-state index in [2.05, 4.69) is 73.3 Å². The second-order valence-electron chi connectivity index (χ2n) is 8.62. The van der Waals surface area contributed by atoms with Crippen molar-refractivity contribution in [3.63, 3.8) is 0 Å². The fourth-order valence-corrected chi connectivity index (χ4v) is 9.64. The normalized spacial score (nSPS) is 11.7. The number of fused-ring (bicyclic) bond motifs is 1. The lowest BCUT2D eigenvalue weighted by Gasteiger charge is -2.38. The number of urea groups is 1. The highest BCUT2D eigenvalue weighted by Crippen LogP contribution is 2.40. The van der Waals surface area contributed by atoms with Crippen LogP contribution in [0.25, 0.3) is 11.0 Å². The SMILES string of the molecule is CSc1ncc2c(C#C[Si](C(C)C)(C(C)C)C(C)C)cc(NC(=O)N(C)C)nc2n1. The van der Waals surface area contributed by atoms with Gasteiger partial charge >= 0.3 is 6.03 Å². The summed E-state index contributed by atoms with van der Waals surface area (Å²) in [5.41, 5.74) is 6.70. The molecule has 6 nitrogen and oxygen atoms in total. The van der Waals surface area contributed by atoms with E-state index in [1.165, 1.54) is 16.7 Å². The summed E-state index contributed by atoms with van der Waals surface area (Å²) in [6.45, 7) is 13.8. The largest absolute Gasteiger partial charge is 0.331 e. The van der Waals surface area contributed by atoms with Crippen LogP contribution in [0.15, 0.2) is 17.4 Å². The summed E-state index contributed by atoms with van der Waals surface area (Å²) in [5.74, 6) is 3.92. The average molecular weight is 444 g/mol. The predicted molar refractivity (Wildman–Crippen MR) is 130 cm³/mol. The van der Waals surface area contributed by atoms with Gasteiger partial charge in [-0.25, -0.2) is 19.7 Å². The maximum Gasteiger partial charge on any atom is 0.322 e. The zero-order valence-electron chi connectivity index (χ0n) is 19.5. The molecule has 8 heteroatoms. The molecule has 0 radical (unpaired) electrons. The van der Waals surface area contributed by atoms with Crippen LogP contribution in [0.2, 0.25) is 16.6 Å². The van der Waals surface area contributed by atoms with Crippen LogP contribution < -0.4 is 5.32 Å². The number of hydrogen-bond donors (Lipinski definition) is 1. The number of rotatable bonds is 5. The summed E-state index contributed by atoms with van der Waals surface area (Å²) in [5, 5.41) is 4.28. The van der Waals surface area contributed by atoms with Crippen molar-refractivity contribution in [2.45, 2.75) is 63.3 Å². The Morgan fingerprint density at radius 1 is 1.10 bits per heavy atom. The van der Waals surface area contributed by atoms with E-state index in [9.17, 15) is 4.79 Å². The van der Waals surface area contributed by atoms with Crippen LogP contribution >= 0.6 is 11.8 Å². The third kappa shape index (κ3) is 4.95. The summed E-state index contributed by atoms with van der Waals surface area (Å²) in [6, 6.07) is 1.59. The minimum atomic E-state index is -1.90. The molecule has 0 aliphatic heterocycles. The van der Waals surface area contributed by atoms with Gasteiger partial charge in [0.2, 0.25) is 0 Å². The molecule has 0 saturated carbocycles. The molecule has 0 atom stereocenters. The summed E-state index contributed by atoms with van der Waals surface area (Å²) >= 11 is 1.46. The number of nitrogens with zero attached hydrogens (tertiary/aromatic N) is 4. The topological polar surface area (TPSA) is 71.0 Å². The summed E-state index contributed by atoms with van der Waals surface area (Å²) < 4.78 is 0. The smallest absolute Gasteiger partial charge is 0.322 e. The van der Waals surface area contributed by atoms with E-state index >= 15 is 0 Å². The van der Waals surface area contributed by atoms with E-state index in [-0.39, 0.29) is 6.03 Å². The molecule has 162 valence electrons. The Hall–Kier alpha value is -2.11. The van der Waals surface area contributed by atoms with E-state index in [1.807, 2.05) is 12.3 Å². The van der Waals surface area contributed by atoms with Crippen LogP contribution in [0.1, 0.15) is 47.1 Å². The van der Waals surface area contributed by atoms with Crippen molar-refractivity contribution in [3.05, 3.63) is 17.8 Å². The lowest BCUT2D eigenvalue weighted by molar-refractivity contribution is 0.230. The molecule has 2 heterocycles. The second-order valence-corrected chi connectivity index (χ2v) is 15.0. The number of amides is 2. The van der Waals surface area contributed by atoms with Crippen LogP contribution in [0, 0.1) is 11.5 Å². The molecule has 30 heavy (non-hydrogen) atoms. The highest BCUT2D eigenvalue weighted by Gasteiger charge is 2.41. The van der Waals surface area contributed by atoms with Gasteiger partial charge in [0, 0.05) is 25.9 Å². The average Bonchev–Trinajstić information content (AvgIpc) is 2.66. The minimum absolute atomic E-state index is 0.241. The van der Waals surface area contributed by atoms with Crippen molar-refractivity contribution < 1.29 is 4.79 Å². The van der Waals surface area contributed by atoms with E-state index in [0.29, 0.717) is 33.2 Å². The van der Waals surface area contributed by atoms with E-state index in [4.69, 9.17) is 0 Å². The Bertz CT molecular complexity index is 957. The van der Waals surface area contributed by atoms with Gasteiger partial charge in [0.1, 0.15) is 13.9 Å². The molecule has 0 spiro atoms. The zero-order valence-corrected chi connectivity index (χ0v) is 21.3. The molecule has 2 aromatic heterocycles. The third-order valence-electron chi connectivity index (χ3n) is 5.65. The van der Waals surface area contributed by atoms with Gasteiger partial charge in [0.15, 0.2) is 10.8 Å².